The van der Waals surface area contributed by atoms with Gasteiger partial charge in [-0.25, -0.2) is 9.78 Å². The number of fused-ring (bicyclic) bond motifs is 1. The molecule has 0 aliphatic carbocycles. The summed E-state index contributed by atoms with van der Waals surface area (Å²) in [6.45, 7) is 6.85. The lowest BCUT2D eigenvalue weighted by molar-refractivity contribution is 0.0316. The summed E-state index contributed by atoms with van der Waals surface area (Å²) in [7, 11) is 0. The van der Waals surface area contributed by atoms with E-state index in [1.807, 2.05) is 13.8 Å². The second-order valence-electron chi connectivity index (χ2n) is 6.77. The van der Waals surface area contributed by atoms with Crippen LogP contribution in [0.15, 0.2) is 0 Å². The number of piperidine rings is 1. The van der Waals surface area contributed by atoms with Crippen molar-refractivity contribution >= 4 is 6.09 Å². The standard InChI is InChI=1S/C16H22N4O3/c1-10-13-7-12(22-14(13)19-11(2)18-10)8-20-9-16(23-15(20)21)3-5-17-6-4-16/h12,17H,3-9H2,1-2H3/t12-/m0/s1. The van der Waals surface area contributed by atoms with E-state index < -0.39 is 0 Å². The number of carbonyl (C=O) groups is 1. The van der Waals surface area contributed by atoms with E-state index in [2.05, 4.69) is 15.3 Å². The van der Waals surface area contributed by atoms with Gasteiger partial charge in [-0.05, 0) is 26.9 Å². The van der Waals surface area contributed by atoms with E-state index in [0.29, 0.717) is 19.0 Å². The van der Waals surface area contributed by atoms with Gasteiger partial charge in [-0.1, -0.05) is 0 Å². The van der Waals surface area contributed by atoms with Crippen molar-refractivity contribution in [3.8, 4) is 5.88 Å². The van der Waals surface area contributed by atoms with Crippen molar-refractivity contribution in [3.05, 3.63) is 17.1 Å². The van der Waals surface area contributed by atoms with Crippen LogP contribution in [0.4, 0.5) is 4.79 Å². The third-order valence-corrected chi connectivity index (χ3v) is 4.98. The van der Waals surface area contributed by atoms with Gasteiger partial charge >= 0.3 is 6.09 Å². The normalized spacial score (nSPS) is 25.4. The molecule has 1 amide bonds. The van der Waals surface area contributed by atoms with Crippen molar-refractivity contribution in [1.82, 2.24) is 20.2 Å². The lowest BCUT2D eigenvalue weighted by atomic mass is 9.92. The minimum Gasteiger partial charge on any atom is -0.472 e. The van der Waals surface area contributed by atoms with E-state index in [-0.39, 0.29) is 17.8 Å². The van der Waals surface area contributed by atoms with Crippen molar-refractivity contribution in [2.24, 2.45) is 0 Å². The molecule has 1 atom stereocenters. The Morgan fingerprint density at radius 1 is 1.30 bits per heavy atom. The van der Waals surface area contributed by atoms with Gasteiger partial charge in [0.05, 0.1) is 13.1 Å². The largest absolute Gasteiger partial charge is 0.472 e. The molecule has 3 aliphatic rings. The summed E-state index contributed by atoms with van der Waals surface area (Å²) in [5.74, 6) is 1.39. The van der Waals surface area contributed by atoms with Crippen LogP contribution in [0.3, 0.4) is 0 Å². The zero-order chi connectivity index (χ0) is 16.0. The smallest absolute Gasteiger partial charge is 0.410 e. The second kappa shape index (κ2) is 5.33. The van der Waals surface area contributed by atoms with E-state index in [1.165, 1.54) is 0 Å². The first-order valence-corrected chi connectivity index (χ1v) is 8.24. The number of aromatic nitrogens is 2. The molecule has 0 bridgehead atoms. The molecule has 1 spiro atoms. The fourth-order valence-electron chi connectivity index (χ4n) is 3.79. The summed E-state index contributed by atoms with van der Waals surface area (Å²) in [5, 5.41) is 3.31. The molecule has 0 unspecified atom stereocenters. The highest BCUT2D eigenvalue weighted by molar-refractivity contribution is 5.70. The van der Waals surface area contributed by atoms with E-state index >= 15 is 0 Å². The van der Waals surface area contributed by atoms with Gasteiger partial charge in [0.1, 0.15) is 17.5 Å². The summed E-state index contributed by atoms with van der Waals surface area (Å²) < 4.78 is 11.6. The number of aryl methyl sites for hydroxylation is 2. The van der Waals surface area contributed by atoms with Crippen LogP contribution in [0.1, 0.15) is 29.9 Å². The lowest BCUT2D eigenvalue weighted by Crippen LogP contribution is -2.45. The minimum atomic E-state index is -0.305. The predicted molar refractivity (Wildman–Crippen MR) is 82.5 cm³/mol. The monoisotopic (exact) mass is 318 g/mol. The van der Waals surface area contributed by atoms with Crippen LogP contribution in [-0.2, 0) is 11.2 Å². The van der Waals surface area contributed by atoms with E-state index in [1.54, 1.807) is 4.90 Å². The van der Waals surface area contributed by atoms with Crippen LogP contribution in [0.25, 0.3) is 0 Å². The molecule has 1 N–H and O–H groups in total. The predicted octanol–water partition coefficient (Wildman–Crippen LogP) is 0.971. The van der Waals surface area contributed by atoms with Crippen molar-refractivity contribution in [2.75, 3.05) is 26.2 Å². The topological polar surface area (TPSA) is 76.6 Å². The molecule has 0 aromatic carbocycles. The second-order valence-corrected chi connectivity index (χ2v) is 6.77. The molecule has 0 radical (unpaired) electrons. The highest BCUT2D eigenvalue weighted by Crippen LogP contribution is 2.33. The maximum Gasteiger partial charge on any atom is 0.410 e. The van der Waals surface area contributed by atoms with Gasteiger partial charge in [-0.2, -0.15) is 4.98 Å². The average Bonchev–Trinajstić information content (AvgIpc) is 3.02. The molecule has 23 heavy (non-hydrogen) atoms. The number of ether oxygens (including phenoxy) is 2. The van der Waals surface area contributed by atoms with Crippen LogP contribution in [0.5, 0.6) is 5.88 Å². The minimum absolute atomic E-state index is 0.0655. The maximum atomic E-state index is 12.2. The van der Waals surface area contributed by atoms with Crippen molar-refractivity contribution in [1.29, 1.82) is 0 Å². The Morgan fingerprint density at radius 2 is 2.09 bits per heavy atom. The van der Waals surface area contributed by atoms with E-state index in [9.17, 15) is 4.79 Å². The number of rotatable bonds is 2. The van der Waals surface area contributed by atoms with Crippen LogP contribution >= 0.6 is 0 Å². The molecule has 2 fully saturated rings. The molecule has 4 rings (SSSR count). The molecule has 4 heterocycles. The Labute approximate surface area is 135 Å². The third kappa shape index (κ3) is 2.63. The lowest BCUT2D eigenvalue weighted by Gasteiger charge is -2.31. The van der Waals surface area contributed by atoms with Crippen molar-refractivity contribution in [2.45, 2.75) is 44.8 Å². The zero-order valence-corrected chi connectivity index (χ0v) is 13.6. The quantitative estimate of drug-likeness (QED) is 0.876. The van der Waals surface area contributed by atoms with Gasteiger partial charge in [0, 0.05) is 30.5 Å². The first-order valence-electron chi connectivity index (χ1n) is 8.24. The van der Waals surface area contributed by atoms with Gasteiger partial charge < -0.3 is 19.7 Å². The molecule has 3 aliphatic heterocycles. The number of nitrogens with one attached hydrogen (secondary N) is 1. The Morgan fingerprint density at radius 3 is 2.87 bits per heavy atom. The first-order chi connectivity index (χ1) is 11.0. The van der Waals surface area contributed by atoms with Crippen molar-refractivity contribution < 1.29 is 14.3 Å². The van der Waals surface area contributed by atoms with Gasteiger partial charge in [-0.15, -0.1) is 0 Å². The summed E-state index contributed by atoms with van der Waals surface area (Å²) in [5.41, 5.74) is 1.72. The highest BCUT2D eigenvalue weighted by atomic mass is 16.6. The maximum absolute atomic E-state index is 12.2. The van der Waals surface area contributed by atoms with Crippen LogP contribution < -0.4 is 10.1 Å². The number of nitrogens with zero attached hydrogens (tertiary/aromatic N) is 3. The number of carbonyl (C=O) groups excluding carboxylic acids is 1. The van der Waals surface area contributed by atoms with Crippen molar-refractivity contribution in [3.63, 3.8) is 0 Å². The van der Waals surface area contributed by atoms with E-state index in [4.69, 9.17) is 9.47 Å². The summed E-state index contributed by atoms with van der Waals surface area (Å²) in [6, 6.07) is 0. The Balaban J connectivity index is 1.44. The fourth-order valence-corrected chi connectivity index (χ4v) is 3.79. The van der Waals surface area contributed by atoms with Gasteiger partial charge in [0.25, 0.3) is 0 Å². The number of hydrogen-bond donors (Lipinski definition) is 1. The molecule has 0 saturated carbocycles. The van der Waals surface area contributed by atoms with Gasteiger partial charge in [0.15, 0.2) is 0 Å². The van der Waals surface area contributed by atoms with Crippen LogP contribution in [0.2, 0.25) is 0 Å². The SMILES string of the molecule is Cc1nc(C)c2c(n1)O[C@H](CN1CC3(CCNCC3)OC1=O)C2. The number of hydrogen-bond acceptors (Lipinski definition) is 6. The first kappa shape index (κ1) is 14.7. The molecule has 7 heteroatoms. The Bertz CT molecular complexity index is 642. The molecule has 7 nitrogen and oxygen atoms in total. The molecule has 1 aromatic rings. The van der Waals surface area contributed by atoms with Crippen LogP contribution in [-0.4, -0.2) is 58.8 Å². The van der Waals surface area contributed by atoms with Crippen LogP contribution in [0, 0.1) is 13.8 Å². The molecule has 1 aromatic heterocycles. The molecular formula is C16H22N4O3. The third-order valence-electron chi connectivity index (χ3n) is 4.98. The fraction of sp³-hybridized carbons (Fsp3) is 0.688. The van der Waals surface area contributed by atoms with Gasteiger partial charge in [0.2, 0.25) is 5.88 Å². The summed E-state index contributed by atoms with van der Waals surface area (Å²) in [4.78, 5) is 22.8. The molecule has 2 saturated heterocycles. The number of amides is 1. The summed E-state index contributed by atoms with van der Waals surface area (Å²) in [6.07, 6.45) is 2.23. The van der Waals surface area contributed by atoms with Gasteiger partial charge in [-0.3, -0.25) is 0 Å². The van der Waals surface area contributed by atoms with E-state index in [0.717, 1.165) is 49.4 Å². The molecule has 124 valence electrons. The Kier molecular flexibility index (Phi) is 3.41. The zero-order valence-electron chi connectivity index (χ0n) is 13.6. The summed E-state index contributed by atoms with van der Waals surface area (Å²) >= 11 is 0. The average molecular weight is 318 g/mol. The molecular weight excluding hydrogens is 296 g/mol. The highest BCUT2D eigenvalue weighted by Gasteiger charge is 2.46. The Hall–Kier alpha value is -1.89.